The Morgan fingerprint density at radius 2 is 2.00 bits per heavy atom. The van der Waals surface area contributed by atoms with Gasteiger partial charge in [-0.2, -0.15) is 5.10 Å². The Morgan fingerprint density at radius 1 is 1.24 bits per heavy atom. The predicted molar refractivity (Wildman–Crippen MR) is 86.5 cm³/mol. The van der Waals surface area contributed by atoms with E-state index < -0.39 is 0 Å². The number of anilines is 1. The summed E-state index contributed by atoms with van der Waals surface area (Å²) < 4.78 is 1.81. The normalized spacial score (nSPS) is 9.95. The molecular formula is C15H21ClN4O. The third-order valence-electron chi connectivity index (χ3n) is 3.05. The predicted octanol–water partition coefficient (Wildman–Crippen LogP) is 2.22. The van der Waals surface area contributed by atoms with Crippen LogP contribution in [0, 0.1) is 0 Å². The van der Waals surface area contributed by atoms with Crippen LogP contribution in [0.25, 0.3) is 0 Å². The van der Waals surface area contributed by atoms with E-state index in [1.54, 1.807) is 6.20 Å². The highest BCUT2D eigenvalue weighted by atomic mass is 35.5. The lowest BCUT2D eigenvalue weighted by Gasteiger charge is -2.09. The molecule has 0 unspecified atom stereocenters. The number of nitrogens with one attached hydrogen (secondary N) is 1. The molecule has 5 nitrogen and oxygen atoms in total. The van der Waals surface area contributed by atoms with Crippen LogP contribution in [0.4, 0.5) is 5.82 Å². The first-order valence-electron chi connectivity index (χ1n) is 6.85. The SMILES string of the molecule is Cl.NCCCC(=O)Nc1ccnn1CCc1ccccc1. The minimum absolute atomic E-state index is 0. The van der Waals surface area contributed by atoms with Crippen molar-refractivity contribution in [1.82, 2.24) is 9.78 Å². The fourth-order valence-corrected chi connectivity index (χ4v) is 1.96. The van der Waals surface area contributed by atoms with Crippen molar-refractivity contribution in [2.45, 2.75) is 25.8 Å². The molecule has 0 radical (unpaired) electrons. The second kappa shape index (κ2) is 9.15. The fourth-order valence-electron chi connectivity index (χ4n) is 1.96. The third-order valence-corrected chi connectivity index (χ3v) is 3.05. The van der Waals surface area contributed by atoms with Gasteiger partial charge in [-0.05, 0) is 24.9 Å². The molecule has 6 heteroatoms. The molecule has 0 bridgehead atoms. The first kappa shape index (κ1) is 17.2. The number of amides is 1. The maximum Gasteiger partial charge on any atom is 0.225 e. The number of aryl methyl sites for hydroxylation is 2. The van der Waals surface area contributed by atoms with Gasteiger partial charge in [0.05, 0.1) is 6.20 Å². The number of carbonyl (C=O) groups excluding carboxylic acids is 1. The van der Waals surface area contributed by atoms with Gasteiger partial charge in [-0.1, -0.05) is 30.3 Å². The van der Waals surface area contributed by atoms with Gasteiger partial charge in [0.15, 0.2) is 0 Å². The maximum atomic E-state index is 11.7. The van der Waals surface area contributed by atoms with Gasteiger partial charge in [-0.25, -0.2) is 4.68 Å². The molecule has 0 fully saturated rings. The van der Waals surface area contributed by atoms with E-state index in [-0.39, 0.29) is 18.3 Å². The van der Waals surface area contributed by atoms with Crippen LogP contribution in [0.15, 0.2) is 42.6 Å². The summed E-state index contributed by atoms with van der Waals surface area (Å²) in [6.45, 7) is 1.27. The smallest absolute Gasteiger partial charge is 0.225 e. The standard InChI is InChI=1S/C15H20N4O.ClH/c16-10-4-7-15(20)18-14-8-11-17-19(14)12-9-13-5-2-1-3-6-13;/h1-3,5-6,8,11H,4,7,9-10,12,16H2,(H,18,20);1H. The summed E-state index contributed by atoms with van der Waals surface area (Å²) in [4.78, 5) is 11.7. The van der Waals surface area contributed by atoms with Crippen LogP contribution >= 0.6 is 12.4 Å². The van der Waals surface area contributed by atoms with Gasteiger partial charge >= 0.3 is 0 Å². The summed E-state index contributed by atoms with van der Waals surface area (Å²) in [6.07, 6.45) is 3.72. The fraction of sp³-hybridized carbons (Fsp3) is 0.333. The van der Waals surface area contributed by atoms with E-state index in [0.717, 1.165) is 18.8 Å². The van der Waals surface area contributed by atoms with Gasteiger partial charge in [-0.3, -0.25) is 4.79 Å². The van der Waals surface area contributed by atoms with Crippen LogP contribution in [0.3, 0.4) is 0 Å². The number of aromatic nitrogens is 2. The van der Waals surface area contributed by atoms with Gasteiger partial charge in [0.2, 0.25) is 5.91 Å². The van der Waals surface area contributed by atoms with Crippen LogP contribution in [-0.2, 0) is 17.8 Å². The number of hydrogen-bond acceptors (Lipinski definition) is 3. The number of nitrogens with two attached hydrogens (primary N) is 1. The zero-order valence-corrected chi connectivity index (χ0v) is 12.7. The molecule has 0 aliphatic carbocycles. The lowest BCUT2D eigenvalue weighted by atomic mass is 10.1. The molecule has 2 aromatic rings. The number of hydrogen-bond donors (Lipinski definition) is 2. The first-order valence-corrected chi connectivity index (χ1v) is 6.85. The monoisotopic (exact) mass is 308 g/mol. The van der Waals surface area contributed by atoms with Gasteiger partial charge in [0.25, 0.3) is 0 Å². The van der Waals surface area contributed by atoms with E-state index in [1.807, 2.05) is 28.9 Å². The molecule has 1 aromatic carbocycles. The Morgan fingerprint density at radius 3 is 2.71 bits per heavy atom. The van der Waals surface area contributed by atoms with E-state index in [9.17, 15) is 4.79 Å². The minimum atomic E-state index is -0.0167. The molecule has 0 spiro atoms. The van der Waals surface area contributed by atoms with Crippen molar-refractivity contribution >= 4 is 24.1 Å². The second-order valence-corrected chi connectivity index (χ2v) is 4.62. The highest BCUT2D eigenvalue weighted by Crippen LogP contribution is 2.09. The summed E-state index contributed by atoms with van der Waals surface area (Å²) in [5.41, 5.74) is 6.65. The number of nitrogens with zero attached hydrogens (tertiary/aromatic N) is 2. The molecule has 0 aliphatic rings. The first-order chi connectivity index (χ1) is 9.79. The highest BCUT2D eigenvalue weighted by Gasteiger charge is 2.06. The second-order valence-electron chi connectivity index (χ2n) is 4.62. The van der Waals surface area contributed by atoms with Crippen LogP contribution in [0.2, 0.25) is 0 Å². The molecule has 1 amide bonds. The van der Waals surface area contributed by atoms with E-state index in [4.69, 9.17) is 5.73 Å². The van der Waals surface area contributed by atoms with Crippen LogP contribution < -0.4 is 11.1 Å². The van der Waals surface area contributed by atoms with Crippen LogP contribution in [-0.4, -0.2) is 22.2 Å². The van der Waals surface area contributed by atoms with Gasteiger partial charge in [-0.15, -0.1) is 12.4 Å². The molecule has 0 aliphatic heterocycles. The number of halogens is 1. The maximum absolute atomic E-state index is 11.7. The summed E-state index contributed by atoms with van der Waals surface area (Å²) in [5.74, 6) is 0.722. The van der Waals surface area contributed by atoms with Gasteiger partial charge in [0, 0.05) is 19.0 Å². The molecule has 0 saturated heterocycles. The Kier molecular flexibility index (Phi) is 7.50. The molecule has 1 heterocycles. The van der Waals surface area contributed by atoms with E-state index in [2.05, 4.69) is 22.5 Å². The quantitative estimate of drug-likeness (QED) is 0.824. The zero-order chi connectivity index (χ0) is 14.2. The molecule has 114 valence electrons. The van der Waals surface area contributed by atoms with Crippen molar-refractivity contribution in [3.05, 3.63) is 48.2 Å². The van der Waals surface area contributed by atoms with E-state index >= 15 is 0 Å². The molecular weight excluding hydrogens is 288 g/mol. The summed E-state index contributed by atoms with van der Waals surface area (Å²) >= 11 is 0. The minimum Gasteiger partial charge on any atom is -0.330 e. The van der Waals surface area contributed by atoms with Crippen molar-refractivity contribution in [3.63, 3.8) is 0 Å². The van der Waals surface area contributed by atoms with Crippen molar-refractivity contribution in [2.24, 2.45) is 5.73 Å². The molecule has 0 saturated carbocycles. The van der Waals surface area contributed by atoms with Crippen molar-refractivity contribution in [3.8, 4) is 0 Å². The Bertz CT molecular complexity index is 542. The zero-order valence-electron chi connectivity index (χ0n) is 11.9. The Balaban J connectivity index is 0.00000220. The third kappa shape index (κ3) is 5.57. The Hall–Kier alpha value is -1.85. The molecule has 0 atom stereocenters. The average molecular weight is 309 g/mol. The number of benzene rings is 1. The van der Waals surface area contributed by atoms with Crippen LogP contribution in [0.5, 0.6) is 0 Å². The molecule has 1 aromatic heterocycles. The van der Waals surface area contributed by atoms with E-state index in [0.29, 0.717) is 19.4 Å². The van der Waals surface area contributed by atoms with Gasteiger partial charge in [0.1, 0.15) is 5.82 Å². The van der Waals surface area contributed by atoms with E-state index in [1.165, 1.54) is 5.56 Å². The Labute approximate surface area is 130 Å². The summed E-state index contributed by atoms with van der Waals surface area (Å²) in [7, 11) is 0. The van der Waals surface area contributed by atoms with Crippen molar-refractivity contribution in [1.29, 1.82) is 0 Å². The lowest BCUT2D eigenvalue weighted by Crippen LogP contribution is -2.17. The van der Waals surface area contributed by atoms with Crippen molar-refractivity contribution < 1.29 is 4.79 Å². The summed E-state index contributed by atoms with van der Waals surface area (Å²) in [6, 6.07) is 12.0. The number of rotatable bonds is 7. The largest absolute Gasteiger partial charge is 0.330 e. The number of carbonyl (C=O) groups is 1. The average Bonchev–Trinajstić information content (AvgIpc) is 2.91. The molecule has 2 rings (SSSR count). The molecule has 21 heavy (non-hydrogen) atoms. The summed E-state index contributed by atoms with van der Waals surface area (Å²) in [5, 5.41) is 7.11. The highest BCUT2D eigenvalue weighted by molar-refractivity contribution is 5.89. The molecule has 3 N–H and O–H groups in total. The van der Waals surface area contributed by atoms with Gasteiger partial charge < -0.3 is 11.1 Å². The van der Waals surface area contributed by atoms with Crippen LogP contribution in [0.1, 0.15) is 18.4 Å². The lowest BCUT2D eigenvalue weighted by molar-refractivity contribution is -0.116. The topological polar surface area (TPSA) is 72.9 Å². The van der Waals surface area contributed by atoms with Crippen molar-refractivity contribution in [2.75, 3.05) is 11.9 Å².